The van der Waals surface area contributed by atoms with Gasteiger partial charge in [-0.05, 0) is 6.08 Å². The Morgan fingerprint density at radius 2 is 1.92 bits per heavy atom. The molecule has 0 radical (unpaired) electrons. The van der Waals surface area contributed by atoms with E-state index in [1.54, 1.807) is 0 Å². The van der Waals surface area contributed by atoms with Gasteiger partial charge in [-0.15, -0.1) is 0 Å². The van der Waals surface area contributed by atoms with Crippen LogP contribution in [-0.2, 0) is 19.1 Å². The molecular formula is C7H6O6. The van der Waals surface area contributed by atoms with Crippen molar-refractivity contribution in [3.8, 4) is 0 Å². The van der Waals surface area contributed by atoms with Crippen LogP contribution in [-0.4, -0.2) is 29.3 Å². The highest BCUT2D eigenvalue weighted by atomic mass is 16.7. The van der Waals surface area contributed by atoms with E-state index >= 15 is 0 Å². The Kier molecular flexibility index (Phi) is 4.78. The van der Waals surface area contributed by atoms with Gasteiger partial charge in [-0.25, -0.2) is 9.59 Å². The zero-order valence-corrected chi connectivity index (χ0v) is 6.43. The van der Waals surface area contributed by atoms with Gasteiger partial charge in [0.25, 0.3) is 0 Å². The first-order valence-corrected chi connectivity index (χ1v) is 3.16. The van der Waals surface area contributed by atoms with Crippen molar-refractivity contribution in [2.24, 2.45) is 0 Å². The fraction of sp³-hybridized carbons (Fsp3) is 0.143. The van der Waals surface area contributed by atoms with Crippen LogP contribution >= 0.6 is 0 Å². The summed E-state index contributed by atoms with van der Waals surface area (Å²) < 4.78 is 3.55. The summed E-state index contributed by atoms with van der Waals surface area (Å²) >= 11 is 0. The van der Waals surface area contributed by atoms with Crippen LogP contribution in [0.4, 0.5) is 4.79 Å². The summed E-state index contributed by atoms with van der Waals surface area (Å²) in [5.41, 5.74) is 0. The Labute approximate surface area is 72.8 Å². The van der Waals surface area contributed by atoms with Crippen molar-refractivity contribution < 1.29 is 29.0 Å². The van der Waals surface area contributed by atoms with Gasteiger partial charge in [-0.1, -0.05) is 6.08 Å². The van der Waals surface area contributed by atoms with E-state index in [1.807, 2.05) is 0 Å². The van der Waals surface area contributed by atoms with Crippen LogP contribution in [0.25, 0.3) is 0 Å². The molecule has 0 heterocycles. The van der Waals surface area contributed by atoms with Crippen LogP contribution in [0.2, 0.25) is 0 Å². The molecule has 0 aliphatic rings. The molecule has 0 rings (SSSR count). The summed E-state index contributed by atoms with van der Waals surface area (Å²) in [7, 11) is 0. The Bertz CT molecular complexity index is 264. The molecule has 6 heteroatoms. The topological polar surface area (TPSA) is 97.7 Å². The molecule has 0 aromatic carbocycles. The lowest BCUT2D eigenvalue weighted by Crippen LogP contribution is -2.19. The second-order valence-electron chi connectivity index (χ2n) is 1.85. The monoisotopic (exact) mass is 186 g/mol. The van der Waals surface area contributed by atoms with Crippen LogP contribution in [0.15, 0.2) is 12.2 Å². The summed E-state index contributed by atoms with van der Waals surface area (Å²) in [6, 6.07) is 0. The average Bonchev–Trinajstić information content (AvgIpc) is 2.03. The Balaban J connectivity index is 3.97. The molecule has 13 heavy (non-hydrogen) atoms. The molecular weight excluding hydrogens is 180 g/mol. The average molecular weight is 186 g/mol. The lowest BCUT2D eigenvalue weighted by atomic mass is 10.3. The van der Waals surface area contributed by atoms with Gasteiger partial charge in [0.1, 0.15) is 6.29 Å². The summed E-state index contributed by atoms with van der Waals surface area (Å²) in [6.45, 7) is 0. The van der Waals surface area contributed by atoms with Gasteiger partial charge >= 0.3 is 12.1 Å². The van der Waals surface area contributed by atoms with E-state index in [4.69, 9.17) is 5.11 Å². The minimum Gasteiger partial charge on any atom is -0.449 e. The molecule has 0 spiro atoms. The largest absolute Gasteiger partial charge is 0.513 e. The molecule has 0 aliphatic carbocycles. The normalized spacial score (nSPS) is 9.54. The highest BCUT2D eigenvalue weighted by molar-refractivity contribution is 6.35. The van der Waals surface area contributed by atoms with Crippen molar-refractivity contribution in [2.45, 2.75) is 6.42 Å². The van der Waals surface area contributed by atoms with E-state index in [0.717, 1.165) is 12.2 Å². The van der Waals surface area contributed by atoms with Gasteiger partial charge in [-0.2, -0.15) is 0 Å². The highest BCUT2D eigenvalue weighted by Crippen LogP contribution is 1.90. The predicted molar refractivity (Wildman–Crippen MR) is 38.9 cm³/mol. The molecule has 0 atom stereocenters. The maximum atomic E-state index is 10.6. The van der Waals surface area contributed by atoms with Gasteiger partial charge < -0.3 is 9.84 Å². The highest BCUT2D eigenvalue weighted by Gasteiger charge is 2.16. The summed E-state index contributed by atoms with van der Waals surface area (Å²) in [4.78, 5) is 40.6. The van der Waals surface area contributed by atoms with Gasteiger partial charge in [0, 0.05) is 6.42 Å². The van der Waals surface area contributed by atoms with E-state index in [2.05, 4.69) is 4.74 Å². The van der Waals surface area contributed by atoms with Crippen molar-refractivity contribution >= 4 is 24.2 Å². The number of hydrogen-bond donors (Lipinski definition) is 1. The molecule has 1 N–H and O–H groups in total. The number of carboxylic acid groups (broad SMARTS) is 1. The van der Waals surface area contributed by atoms with Crippen molar-refractivity contribution in [2.75, 3.05) is 0 Å². The molecule has 0 saturated heterocycles. The van der Waals surface area contributed by atoms with Crippen LogP contribution in [0.1, 0.15) is 6.42 Å². The van der Waals surface area contributed by atoms with Crippen LogP contribution in [0.5, 0.6) is 0 Å². The first-order chi connectivity index (χ1) is 6.07. The van der Waals surface area contributed by atoms with E-state index in [1.165, 1.54) is 0 Å². The van der Waals surface area contributed by atoms with Crippen LogP contribution in [0.3, 0.4) is 0 Å². The van der Waals surface area contributed by atoms with E-state index in [9.17, 15) is 19.2 Å². The molecule has 0 saturated carbocycles. The second kappa shape index (κ2) is 5.64. The zero-order valence-electron chi connectivity index (χ0n) is 6.43. The zero-order chi connectivity index (χ0) is 10.3. The molecule has 0 aliphatic heterocycles. The molecule has 0 amide bonds. The standard InChI is InChI=1S/C7H6O6/c8-4-2-1-3-5(9)6(10)13-7(11)12/h1-2,4H,3H2,(H,11,12). The Morgan fingerprint density at radius 3 is 2.38 bits per heavy atom. The van der Waals surface area contributed by atoms with Crippen molar-refractivity contribution in [3.63, 3.8) is 0 Å². The smallest absolute Gasteiger partial charge is 0.449 e. The molecule has 0 bridgehead atoms. The lowest BCUT2D eigenvalue weighted by Gasteiger charge is -1.93. The number of rotatable bonds is 4. The third-order valence-electron chi connectivity index (χ3n) is 0.926. The molecule has 0 aromatic rings. The van der Waals surface area contributed by atoms with E-state index < -0.39 is 17.9 Å². The van der Waals surface area contributed by atoms with Gasteiger partial charge in [0.2, 0.25) is 5.78 Å². The number of carbonyl (C=O) groups excluding carboxylic acids is 3. The minimum absolute atomic E-state index is 0.356. The summed E-state index contributed by atoms with van der Waals surface area (Å²) in [6.07, 6.45) is 0.378. The number of ether oxygens (including phenoxy) is 1. The first-order valence-electron chi connectivity index (χ1n) is 3.16. The van der Waals surface area contributed by atoms with Gasteiger partial charge in [-0.3, -0.25) is 9.59 Å². The third-order valence-corrected chi connectivity index (χ3v) is 0.926. The molecule has 0 fully saturated rings. The number of aldehydes is 1. The number of ketones is 1. The fourth-order valence-corrected chi connectivity index (χ4v) is 0.450. The minimum atomic E-state index is -1.84. The fourth-order valence-electron chi connectivity index (χ4n) is 0.450. The second-order valence-corrected chi connectivity index (χ2v) is 1.85. The van der Waals surface area contributed by atoms with Gasteiger partial charge in [0.15, 0.2) is 0 Å². The van der Waals surface area contributed by atoms with Crippen LogP contribution < -0.4 is 0 Å². The van der Waals surface area contributed by atoms with Crippen molar-refractivity contribution in [1.29, 1.82) is 0 Å². The number of carbonyl (C=O) groups is 4. The number of esters is 1. The SMILES string of the molecule is O=CC=CCC(=O)C(=O)OC(=O)O. The van der Waals surface area contributed by atoms with E-state index in [-0.39, 0.29) is 6.42 Å². The molecule has 6 nitrogen and oxygen atoms in total. The Morgan fingerprint density at radius 1 is 1.31 bits per heavy atom. The quantitative estimate of drug-likeness (QED) is 0.217. The number of Topliss-reactive ketones (excluding diaryl/α,β-unsaturated/α-hetero) is 1. The van der Waals surface area contributed by atoms with E-state index in [0.29, 0.717) is 6.29 Å². The number of hydrogen-bond acceptors (Lipinski definition) is 5. The Hall–Kier alpha value is -1.98. The summed E-state index contributed by atoms with van der Waals surface area (Å²) in [5, 5.41) is 7.93. The predicted octanol–water partition coefficient (Wildman–Crippen LogP) is -0.0781. The maximum Gasteiger partial charge on any atom is 0.513 e. The molecule has 0 aromatic heterocycles. The first kappa shape index (κ1) is 11.0. The summed E-state index contributed by atoms with van der Waals surface area (Å²) in [5.74, 6) is -2.48. The molecule has 70 valence electrons. The number of allylic oxidation sites excluding steroid dienone is 2. The van der Waals surface area contributed by atoms with Crippen molar-refractivity contribution in [3.05, 3.63) is 12.2 Å². The third kappa shape index (κ3) is 5.31. The van der Waals surface area contributed by atoms with Gasteiger partial charge in [0.05, 0.1) is 0 Å². The lowest BCUT2D eigenvalue weighted by molar-refractivity contribution is -0.150. The van der Waals surface area contributed by atoms with Crippen molar-refractivity contribution in [1.82, 2.24) is 0 Å². The maximum absolute atomic E-state index is 10.6. The van der Waals surface area contributed by atoms with Crippen LogP contribution in [0, 0.1) is 0 Å². The molecule has 0 unspecified atom stereocenters.